The average molecular weight is 323 g/mol. The number of nitrogens with one attached hydrogen (secondary N) is 1. The Kier molecular flexibility index (Phi) is 4.60. The Hall–Kier alpha value is -2.69. The van der Waals surface area contributed by atoms with Gasteiger partial charge in [-0.2, -0.15) is 0 Å². The van der Waals surface area contributed by atoms with Crippen molar-refractivity contribution < 1.29 is 9.59 Å². The van der Waals surface area contributed by atoms with E-state index in [1.807, 2.05) is 36.9 Å². The Morgan fingerprint density at radius 1 is 1.04 bits per heavy atom. The first kappa shape index (κ1) is 16.2. The van der Waals surface area contributed by atoms with Crippen LogP contribution in [-0.2, 0) is 0 Å². The number of nitrogens with zero attached hydrogens (tertiary/aromatic N) is 2. The molecule has 1 aromatic heterocycles. The summed E-state index contributed by atoms with van der Waals surface area (Å²) in [4.78, 5) is 30.8. The SMILES string of the molecule is Cc1ccc(C)c(NC(=O)c2cncc(C(=O)N3CCCC3)c2)c1. The van der Waals surface area contributed by atoms with Gasteiger partial charge in [-0.15, -0.1) is 0 Å². The van der Waals surface area contributed by atoms with Gasteiger partial charge in [0, 0.05) is 31.2 Å². The second kappa shape index (κ2) is 6.83. The minimum absolute atomic E-state index is 0.0543. The molecule has 0 saturated carbocycles. The van der Waals surface area contributed by atoms with Gasteiger partial charge < -0.3 is 10.2 Å². The third-order valence-corrected chi connectivity index (χ3v) is 4.28. The van der Waals surface area contributed by atoms with Crippen LogP contribution in [0.5, 0.6) is 0 Å². The second-order valence-electron chi connectivity index (χ2n) is 6.23. The lowest BCUT2D eigenvalue weighted by molar-refractivity contribution is 0.0792. The summed E-state index contributed by atoms with van der Waals surface area (Å²) < 4.78 is 0. The first-order valence-corrected chi connectivity index (χ1v) is 8.17. The molecule has 0 spiro atoms. The lowest BCUT2D eigenvalue weighted by Gasteiger charge is -2.15. The Balaban J connectivity index is 1.79. The minimum atomic E-state index is -0.257. The fraction of sp³-hybridized carbons (Fsp3) is 0.316. The van der Waals surface area contributed by atoms with E-state index in [4.69, 9.17) is 0 Å². The molecule has 5 nitrogen and oxygen atoms in total. The molecule has 124 valence electrons. The van der Waals surface area contributed by atoms with Crippen molar-refractivity contribution in [3.05, 3.63) is 58.9 Å². The first-order chi connectivity index (χ1) is 11.5. The predicted molar refractivity (Wildman–Crippen MR) is 93.2 cm³/mol. The number of amides is 2. The second-order valence-corrected chi connectivity index (χ2v) is 6.23. The van der Waals surface area contributed by atoms with Crippen LogP contribution in [0.2, 0.25) is 0 Å². The summed E-state index contributed by atoms with van der Waals surface area (Å²) in [5.41, 5.74) is 3.70. The van der Waals surface area contributed by atoms with Crippen molar-refractivity contribution in [2.24, 2.45) is 0 Å². The summed E-state index contributed by atoms with van der Waals surface area (Å²) >= 11 is 0. The third-order valence-electron chi connectivity index (χ3n) is 4.28. The maximum atomic E-state index is 12.5. The van der Waals surface area contributed by atoms with Gasteiger partial charge in [0.15, 0.2) is 0 Å². The lowest BCUT2D eigenvalue weighted by atomic mass is 10.1. The number of carbonyl (C=O) groups is 2. The number of aryl methyl sites for hydroxylation is 2. The number of hydrogen-bond acceptors (Lipinski definition) is 3. The highest BCUT2D eigenvalue weighted by atomic mass is 16.2. The molecule has 1 N–H and O–H groups in total. The monoisotopic (exact) mass is 323 g/mol. The van der Waals surface area contributed by atoms with E-state index >= 15 is 0 Å². The van der Waals surface area contributed by atoms with Crippen molar-refractivity contribution in [2.45, 2.75) is 26.7 Å². The molecule has 2 heterocycles. The van der Waals surface area contributed by atoms with E-state index in [1.165, 1.54) is 12.4 Å². The molecule has 0 aliphatic carbocycles. The summed E-state index contributed by atoms with van der Waals surface area (Å²) in [6.45, 7) is 5.47. The largest absolute Gasteiger partial charge is 0.339 e. The quantitative estimate of drug-likeness (QED) is 0.943. The highest BCUT2D eigenvalue weighted by Gasteiger charge is 2.20. The molecule has 5 heteroatoms. The zero-order valence-corrected chi connectivity index (χ0v) is 14.0. The summed E-state index contributed by atoms with van der Waals surface area (Å²) in [5, 5.41) is 2.90. The predicted octanol–water partition coefficient (Wildman–Crippen LogP) is 3.19. The van der Waals surface area contributed by atoms with Crippen molar-refractivity contribution in [1.29, 1.82) is 0 Å². The van der Waals surface area contributed by atoms with Crippen LogP contribution in [-0.4, -0.2) is 34.8 Å². The van der Waals surface area contributed by atoms with Crippen molar-refractivity contribution in [3.8, 4) is 0 Å². The van der Waals surface area contributed by atoms with Gasteiger partial charge in [-0.1, -0.05) is 12.1 Å². The zero-order chi connectivity index (χ0) is 17.1. The standard InChI is InChI=1S/C19H21N3O2/c1-13-5-6-14(2)17(9-13)21-18(23)15-10-16(12-20-11-15)19(24)22-7-3-4-8-22/h5-6,9-12H,3-4,7-8H2,1-2H3,(H,21,23). The molecule has 1 aliphatic rings. The van der Waals surface area contributed by atoms with E-state index in [0.717, 1.165) is 42.7 Å². The molecule has 0 atom stereocenters. The topological polar surface area (TPSA) is 62.3 Å². The van der Waals surface area contributed by atoms with Crippen LogP contribution in [0.1, 0.15) is 44.7 Å². The summed E-state index contributed by atoms with van der Waals surface area (Å²) in [6.07, 6.45) is 5.08. The summed E-state index contributed by atoms with van der Waals surface area (Å²) in [5.74, 6) is -0.311. The number of pyridine rings is 1. The maximum absolute atomic E-state index is 12.5. The van der Waals surface area contributed by atoms with Crippen molar-refractivity contribution in [1.82, 2.24) is 9.88 Å². The van der Waals surface area contributed by atoms with Crippen LogP contribution >= 0.6 is 0 Å². The highest BCUT2D eigenvalue weighted by molar-refractivity contribution is 6.06. The van der Waals surface area contributed by atoms with Crippen LogP contribution in [0, 0.1) is 13.8 Å². The summed E-state index contributed by atoms with van der Waals surface area (Å²) in [7, 11) is 0. The molecule has 24 heavy (non-hydrogen) atoms. The number of anilines is 1. The van der Waals surface area contributed by atoms with Gasteiger partial charge in [-0.3, -0.25) is 14.6 Å². The molecule has 1 fully saturated rings. The van der Waals surface area contributed by atoms with Gasteiger partial charge in [0.05, 0.1) is 11.1 Å². The smallest absolute Gasteiger partial charge is 0.257 e. The third kappa shape index (κ3) is 3.45. The van der Waals surface area contributed by atoms with Crippen LogP contribution < -0.4 is 5.32 Å². The van der Waals surface area contributed by atoms with Crippen LogP contribution in [0.25, 0.3) is 0 Å². The molecule has 0 unspecified atom stereocenters. The molecule has 2 aromatic rings. The van der Waals surface area contributed by atoms with Gasteiger partial charge in [-0.05, 0) is 49.9 Å². The molecule has 0 bridgehead atoms. The van der Waals surface area contributed by atoms with Crippen LogP contribution in [0.15, 0.2) is 36.7 Å². The van der Waals surface area contributed by atoms with Crippen molar-refractivity contribution in [2.75, 3.05) is 18.4 Å². The average Bonchev–Trinajstić information content (AvgIpc) is 3.12. The number of rotatable bonds is 3. The van der Waals surface area contributed by atoms with E-state index in [1.54, 1.807) is 6.07 Å². The number of benzene rings is 1. The Morgan fingerprint density at radius 3 is 2.50 bits per heavy atom. The first-order valence-electron chi connectivity index (χ1n) is 8.17. The number of aromatic nitrogens is 1. The normalized spacial score (nSPS) is 13.8. The summed E-state index contributed by atoms with van der Waals surface area (Å²) in [6, 6.07) is 7.52. The van der Waals surface area contributed by atoms with Crippen molar-refractivity contribution in [3.63, 3.8) is 0 Å². The lowest BCUT2D eigenvalue weighted by Crippen LogP contribution is -2.28. The fourth-order valence-electron chi connectivity index (χ4n) is 2.85. The Labute approximate surface area is 141 Å². The van der Waals surface area contributed by atoms with E-state index in [-0.39, 0.29) is 11.8 Å². The van der Waals surface area contributed by atoms with Gasteiger partial charge in [0.2, 0.25) is 0 Å². The molecule has 1 saturated heterocycles. The number of hydrogen-bond donors (Lipinski definition) is 1. The van der Waals surface area contributed by atoms with E-state index in [9.17, 15) is 9.59 Å². The maximum Gasteiger partial charge on any atom is 0.257 e. The molecule has 3 rings (SSSR count). The molecular weight excluding hydrogens is 302 g/mol. The number of likely N-dealkylation sites (tertiary alicyclic amines) is 1. The number of carbonyl (C=O) groups excluding carboxylic acids is 2. The van der Waals surface area contributed by atoms with Gasteiger partial charge in [-0.25, -0.2) is 0 Å². The van der Waals surface area contributed by atoms with E-state index < -0.39 is 0 Å². The molecule has 1 aromatic carbocycles. The van der Waals surface area contributed by atoms with E-state index in [0.29, 0.717) is 11.1 Å². The van der Waals surface area contributed by atoms with Gasteiger partial charge in [0.1, 0.15) is 0 Å². The molecular formula is C19H21N3O2. The molecule has 2 amide bonds. The fourth-order valence-corrected chi connectivity index (χ4v) is 2.85. The Bertz CT molecular complexity index is 780. The van der Waals surface area contributed by atoms with E-state index in [2.05, 4.69) is 10.3 Å². The molecule has 1 aliphatic heterocycles. The zero-order valence-electron chi connectivity index (χ0n) is 14.0. The molecule has 0 radical (unpaired) electrons. The highest BCUT2D eigenvalue weighted by Crippen LogP contribution is 2.18. The van der Waals surface area contributed by atoms with Gasteiger partial charge in [0.25, 0.3) is 11.8 Å². The van der Waals surface area contributed by atoms with Crippen LogP contribution in [0.3, 0.4) is 0 Å². The minimum Gasteiger partial charge on any atom is -0.339 e. The van der Waals surface area contributed by atoms with Gasteiger partial charge >= 0.3 is 0 Å². The van der Waals surface area contributed by atoms with Crippen molar-refractivity contribution >= 4 is 17.5 Å². The van der Waals surface area contributed by atoms with Crippen LogP contribution in [0.4, 0.5) is 5.69 Å². The Morgan fingerprint density at radius 2 is 1.75 bits per heavy atom.